The van der Waals surface area contributed by atoms with E-state index in [0.717, 1.165) is 30.4 Å². The van der Waals surface area contributed by atoms with E-state index < -0.39 is 0 Å². The molecular weight excluding hydrogens is 128 g/mol. The van der Waals surface area contributed by atoms with Gasteiger partial charge in [0.25, 0.3) is 0 Å². The minimum atomic E-state index is 0.763. The molecule has 0 saturated carbocycles. The first kappa shape index (κ1) is 5.77. The molecule has 0 saturated heterocycles. The third-order valence-corrected chi connectivity index (χ3v) is 1.68. The minimum Gasteiger partial charge on any atom is -0.425 e. The Bertz CT molecular complexity index is 218. The molecule has 1 aromatic heterocycles. The molecular formula is C7H10N2O. The van der Waals surface area contributed by atoms with E-state index in [2.05, 4.69) is 10.3 Å². The van der Waals surface area contributed by atoms with Crippen molar-refractivity contribution in [1.29, 1.82) is 0 Å². The van der Waals surface area contributed by atoms with Crippen molar-refractivity contribution in [2.24, 2.45) is 0 Å². The third-order valence-electron chi connectivity index (χ3n) is 1.68. The Hall–Kier alpha value is -0.990. The van der Waals surface area contributed by atoms with Gasteiger partial charge in [0.2, 0.25) is 5.88 Å². The monoisotopic (exact) mass is 138 g/mol. The summed E-state index contributed by atoms with van der Waals surface area (Å²) < 4.78 is 5.28. The summed E-state index contributed by atoms with van der Waals surface area (Å²) in [5.41, 5.74) is 1.09. The fourth-order valence-electron chi connectivity index (χ4n) is 1.24. The van der Waals surface area contributed by atoms with Gasteiger partial charge in [0, 0.05) is 13.5 Å². The number of rotatable bonds is 0. The van der Waals surface area contributed by atoms with Crippen molar-refractivity contribution in [2.45, 2.75) is 19.8 Å². The number of anilines is 1. The molecule has 3 nitrogen and oxygen atoms in total. The second kappa shape index (κ2) is 2.01. The molecule has 0 aromatic carbocycles. The summed E-state index contributed by atoms with van der Waals surface area (Å²) in [7, 11) is 0. The number of aromatic nitrogens is 1. The molecule has 0 spiro atoms. The predicted octanol–water partition coefficient (Wildman–Crippen LogP) is 1.34. The van der Waals surface area contributed by atoms with Gasteiger partial charge < -0.3 is 9.73 Å². The largest absolute Gasteiger partial charge is 0.425 e. The number of fused-ring (bicyclic) bond motifs is 1. The number of hydrogen-bond acceptors (Lipinski definition) is 3. The molecule has 0 amide bonds. The van der Waals surface area contributed by atoms with Crippen molar-refractivity contribution < 1.29 is 4.42 Å². The van der Waals surface area contributed by atoms with Gasteiger partial charge >= 0.3 is 0 Å². The Morgan fingerprint density at radius 3 is 3.30 bits per heavy atom. The van der Waals surface area contributed by atoms with Crippen LogP contribution in [-0.2, 0) is 6.42 Å². The van der Waals surface area contributed by atoms with Crippen LogP contribution in [0.2, 0.25) is 0 Å². The fraction of sp³-hybridized carbons (Fsp3) is 0.571. The number of aryl methyl sites for hydroxylation is 2. The van der Waals surface area contributed by atoms with Gasteiger partial charge in [-0.15, -0.1) is 0 Å². The Labute approximate surface area is 59.4 Å². The minimum absolute atomic E-state index is 0.763. The van der Waals surface area contributed by atoms with E-state index in [1.807, 2.05) is 6.92 Å². The maximum absolute atomic E-state index is 5.28. The second-order valence-corrected chi connectivity index (χ2v) is 2.54. The van der Waals surface area contributed by atoms with Crippen molar-refractivity contribution in [1.82, 2.24) is 4.98 Å². The molecule has 0 radical (unpaired) electrons. The van der Waals surface area contributed by atoms with E-state index in [0.29, 0.717) is 0 Å². The molecule has 3 heteroatoms. The quantitative estimate of drug-likeness (QED) is 0.588. The molecule has 0 bridgehead atoms. The molecule has 10 heavy (non-hydrogen) atoms. The predicted molar refractivity (Wildman–Crippen MR) is 38.1 cm³/mol. The lowest BCUT2D eigenvalue weighted by Crippen LogP contribution is -2.09. The average Bonchev–Trinajstić information content (AvgIpc) is 2.27. The average molecular weight is 138 g/mol. The van der Waals surface area contributed by atoms with E-state index >= 15 is 0 Å². The van der Waals surface area contributed by atoms with Gasteiger partial charge in [0.05, 0.1) is 0 Å². The lowest BCUT2D eigenvalue weighted by atomic mass is 10.2. The SMILES string of the molecule is Cc1nc2c(o1)NCCC2. The molecule has 2 rings (SSSR count). The van der Waals surface area contributed by atoms with E-state index in [-0.39, 0.29) is 0 Å². The first-order valence-corrected chi connectivity index (χ1v) is 3.56. The fourth-order valence-corrected chi connectivity index (χ4v) is 1.24. The maximum atomic E-state index is 5.28. The lowest BCUT2D eigenvalue weighted by molar-refractivity contribution is 0.528. The highest BCUT2D eigenvalue weighted by Crippen LogP contribution is 2.21. The van der Waals surface area contributed by atoms with Crippen LogP contribution < -0.4 is 5.32 Å². The van der Waals surface area contributed by atoms with Gasteiger partial charge in [-0.05, 0) is 12.8 Å². The second-order valence-electron chi connectivity index (χ2n) is 2.54. The zero-order chi connectivity index (χ0) is 6.97. The molecule has 0 atom stereocenters. The number of nitrogens with zero attached hydrogens (tertiary/aromatic N) is 1. The molecule has 1 aliphatic heterocycles. The van der Waals surface area contributed by atoms with Gasteiger partial charge in [-0.1, -0.05) is 0 Å². The number of oxazole rings is 1. The van der Waals surface area contributed by atoms with Crippen molar-refractivity contribution in [3.8, 4) is 0 Å². The van der Waals surface area contributed by atoms with E-state index in [4.69, 9.17) is 4.42 Å². The summed E-state index contributed by atoms with van der Waals surface area (Å²) in [4.78, 5) is 4.22. The van der Waals surface area contributed by atoms with Gasteiger partial charge in [-0.25, -0.2) is 4.98 Å². The van der Waals surface area contributed by atoms with Crippen molar-refractivity contribution in [3.05, 3.63) is 11.6 Å². The normalized spacial score (nSPS) is 16.1. The molecule has 0 fully saturated rings. The van der Waals surface area contributed by atoms with Crippen LogP contribution in [0.3, 0.4) is 0 Å². The van der Waals surface area contributed by atoms with Gasteiger partial charge in [-0.3, -0.25) is 0 Å². The first-order chi connectivity index (χ1) is 4.86. The topological polar surface area (TPSA) is 38.1 Å². The first-order valence-electron chi connectivity index (χ1n) is 3.56. The molecule has 2 heterocycles. The van der Waals surface area contributed by atoms with Gasteiger partial charge in [0.1, 0.15) is 5.69 Å². The van der Waals surface area contributed by atoms with E-state index in [9.17, 15) is 0 Å². The number of hydrogen-bond donors (Lipinski definition) is 1. The van der Waals surface area contributed by atoms with Crippen LogP contribution in [0.15, 0.2) is 4.42 Å². The highest BCUT2D eigenvalue weighted by molar-refractivity contribution is 5.39. The van der Waals surface area contributed by atoms with Crippen LogP contribution in [0.5, 0.6) is 0 Å². The highest BCUT2D eigenvalue weighted by atomic mass is 16.4. The van der Waals surface area contributed by atoms with Crippen LogP contribution in [0.1, 0.15) is 18.0 Å². The summed E-state index contributed by atoms with van der Waals surface area (Å²) in [6.07, 6.45) is 2.22. The summed E-state index contributed by atoms with van der Waals surface area (Å²) >= 11 is 0. The van der Waals surface area contributed by atoms with Gasteiger partial charge in [0.15, 0.2) is 5.89 Å². The zero-order valence-corrected chi connectivity index (χ0v) is 5.98. The molecule has 1 aromatic rings. The van der Waals surface area contributed by atoms with Crippen LogP contribution in [0.25, 0.3) is 0 Å². The smallest absolute Gasteiger partial charge is 0.216 e. The highest BCUT2D eigenvalue weighted by Gasteiger charge is 2.13. The Morgan fingerprint density at radius 1 is 1.60 bits per heavy atom. The van der Waals surface area contributed by atoms with E-state index in [1.54, 1.807) is 0 Å². The molecule has 0 aliphatic carbocycles. The third kappa shape index (κ3) is 0.781. The summed E-state index contributed by atoms with van der Waals surface area (Å²) in [6, 6.07) is 0. The molecule has 1 N–H and O–H groups in total. The summed E-state index contributed by atoms with van der Waals surface area (Å²) in [6.45, 7) is 2.89. The zero-order valence-electron chi connectivity index (χ0n) is 5.98. The van der Waals surface area contributed by atoms with Crippen LogP contribution in [0, 0.1) is 6.92 Å². The standard InChI is InChI=1S/C7H10N2O/c1-5-9-6-3-2-4-8-7(6)10-5/h8H,2-4H2,1H3. The Kier molecular flexibility index (Phi) is 1.16. The van der Waals surface area contributed by atoms with Crippen LogP contribution in [0.4, 0.5) is 5.88 Å². The van der Waals surface area contributed by atoms with Crippen LogP contribution in [-0.4, -0.2) is 11.5 Å². The van der Waals surface area contributed by atoms with E-state index in [1.165, 1.54) is 6.42 Å². The van der Waals surface area contributed by atoms with Crippen molar-refractivity contribution >= 4 is 5.88 Å². The lowest BCUT2D eigenvalue weighted by Gasteiger charge is -2.08. The Balaban J connectivity index is 2.41. The molecule has 54 valence electrons. The molecule has 1 aliphatic rings. The molecule has 0 unspecified atom stereocenters. The van der Waals surface area contributed by atoms with Crippen molar-refractivity contribution in [3.63, 3.8) is 0 Å². The summed E-state index contributed by atoms with van der Waals surface area (Å²) in [5.74, 6) is 1.64. The maximum Gasteiger partial charge on any atom is 0.216 e. The number of nitrogens with one attached hydrogen (secondary N) is 1. The summed E-state index contributed by atoms with van der Waals surface area (Å²) in [5, 5.41) is 3.15. The van der Waals surface area contributed by atoms with Crippen molar-refractivity contribution in [2.75, 3.05) is 11.9 Å². The van der Waals surface area contributed by atoms with Gasteiger partial charge in [-0.2, -0.15) is 0 Å². The van der Waals surface area contributed by atoms with Crippen LogP contribution >= 0.6 is 0 Å². The Morgan fingerprint density at radius 2 is 2.50 bits per heavy atom.